The predicted octanol–water partition coefficient (Wildman–Crippen LogP) is 3.44. The molecule has 0 bridgehead atoms. The van der Waals surface area contributed by atoms with Crippen LogP contribution < -0.4 is 10.6 Å². The van der Waals surface area contributed by atoms with Crippen LogP contribution in [0.4, 0.5) is 5.69 Å². The van der Waals surface area contributed by atoms with Gasteiger partial charge in [0.15, 0.2) is 0 Å². The quantitative estimate of drug-likeness (QED) is 0.823. The number of nitrogens with one attached hydrogen (secondary N) is 2. The molecule has 0 aliphatic rings. The minimum atomic E-state index is 0.211. The van der Waals surface area contributed by atoms with Crippen LogP contribution in [0.1, 0.15) is 5.56 Å². The summed E-state index contributed by atoms with van der Waals surface area (Å²) in [6.07, 6.45) is 0.927. The fraction of sp³-hybridized carbons (Fsp3) is 0.176. The maximum Gasteiger partial charge on any atom is 0.0505 e. The third-order valence-corrected chi connectivity index (χ3v) is 3.13. The van der Waals surface area contributed by atoms with Gasteiger partial charge in [0, 0.05) is 11.4 Å². The first kappa shape index (κ1) is 13.4. The third-order valence-electron chi connectivity index (χ3n) is 3.13. The molecule has 0 aliphatic carbocycles. The van der Waals surface area contributed by atoms with Crippen LogP contribution in [0.25, 0.3) is 0 Å². The van der Waals surface area contributed by atoms with E-state index in [0.717, 1.165) is 17.8 Å². The molecule has 0 spiro atoms. The second kappa shape index (κ2) is 6.76. The number of hydrogen-bond acceptors (Lipinski definition) is 2. The van der Waals surface area contributed by atoms with Gasteiger partial charge in [-0.3, -0.25) is 0 Å². The first-order valence-electron chi connectivity index (χ1n) is 6.51. The Hall–Kier alpha value is -2.06. The molecule has 2 aromatic carbocycles. The van der Waals surface area contributed by atoms with E-state index in [4.69, 9.17) is 0 Å². The van der Waals surface area contributed by atoms with Crippen LogP contribution in [0.15, 0.2) is 72.9 Å². The molecule has 0 amide bonds. The minimum absolute atomic E-state index is 0.211. The second-order valence-electron chi connectivity index (χ2n) is 4.55. The monoisotopic (exact) mass is 252 g/mol. The first-order chi connectivity index (χ1) is 9.29. The molecule has 2 nitrogen and oxygen atoms in total. The van der Waals surface area contributed by atoms with Crippen molar-refractivity contribution in [2.45, 2.75) is 12.5 Å². The van der Waals surface area contributed by atoms with Gasteiger partial charge in [0.2, 0.25) is 0 Å². The van der Waals surface area contributed by atoms with Gasteiger partial charge in [-0.1, -0.05) is 55.1 Å². The Bertz CT molecular complexity index is 505. The third kappa shape index (κ3) is 3.97. The SMILES string of the molecule is C=C(Nc1ccccc1)[C@H](Cc1ccccc1)NC. The van der Waals surface area contributed by atoms with E-state index in [9.17, 15) is 0 Å². The molecule has 0 unspecified atom stereocenters. The van der Waals surface area contributed by atoms with E-state index in [2.05, 4.69) is 41.5 Å². The van der Waals surface area contributed by atoms with Gasteiger partial charge >= 0.3 is 0 Å². The lowest BCUT2D eigenvalue weighted by molar-refractivity contribution is 0.637. The molecule has 2 N–H and O–H groups in total. The molecule has 98 valence electrons. The van der Waals surface area contributed by atoms with Crippen molar-refractivity contribution in [1.82, 2.24) is 5.32 Å². The molecule has 19 heavy (non-hydrogen) atoms. The van der Waals surface area contributed by atoms with Crippen molar-refractivity contribution in [3.05, 3.63) is 78.5 Å². The van der Waals surface area contributed by atoms with E-state index < -0.39 is 0 Å². The van der Waals surface area contributed by atoms with Gasteiger partial charge in [-0.25, -0.2) is 0 Å². The summed E-state index contributed by atoms with van der Waals surface area (Å²) in [6, 6.07) is 20.8. The van der Waals surface area contributed by atoms with Gasteiger partial charge < -0.3 is 10.6 Å². The van der Waals surface area contributed by atoms with Gasteiger partial charge in [0.05, 0.1) is 6.04 Å². The lowest BCUT2D eigenvalue weighted by Gasteiger charge is -2.20. The molecule has 0 saturated heterocycles. The summed E-state index contributed by atoms with van der Waals surface area (Å²) in [7, 11) is 1.96. The topological polar surface area (TPSA) is 24.1 Å². The highest BCUT2D eigenvalue weighted by Gasteiger charge is 2.11. The molecular weight excluding hydrogens is 232 g/mol. The molecule has 2 aromatic rings. The predicted molar refractivity (Wildman–Crippen MR) is 82.2 cm³/mol. The summed E-state index contributed by atoms with van der Waals surface area (Å²) in [4.78, 5) is 0. The van der Waals surface area contributed by atoms with Gasteiger partial charge in [0.25, 0.3) is 0 Å². The lowest BCUT2D eigenvalue weighted by Crippen LogP contribution is -2.32. The Labute approximate surface area is 115 Å². The van der Waals surface area contributed by atoms with Crippen molar-refractivity contribution in [2.24, 2.45) is 0 Å². The van der Waals surface area contributed by atoms with E-state index in [1.54, 1.807) is 0 Å². The summed E-state index contributed by atoms with van der Waals surface area (Å²) in [5.41, 5.74) is 3.36. The van der Waals surface area contributed by atoms with Gasteiger partial charge in [-0.15, -0.1) is 0 Å². The van der Waals surface area contributed by atoms with E-state index in [1.807, 2.05) is 43.4 Å². The normalized spacial score (nSPS) is 11.8. The number of benzene rings is 2. The molecule has 0 aromatic heterocycles. The Kier molecular flexibility index (Phi) is 4.76. The Balaban J connectivity index is 2.00. The van der Waals surface area contributed by atoms with Crippen molar-refractivity contribution in [3.63, 3.8) is 0 Å². The average Bonchev–Trinajstić information content (AvgIpc) is 2.47. The summed E-state index contributed by atoms with van der Waals surface area (Å²) in [6.45, 7) is 4.14. The zero-order valence-electron chi connectivity index (χ0n) is 11.3. The van der Waals surface area contributed by atoms with Gasteiger partial charge in [-0.05, 0) is 31.2 Å². The lowest BCUT2D eigenvalue weighted by atomic mass is 10.0. The summed E-state index contributed by atoms with van der Waals surface area (Å²) in [5.74, 6) is 0. The maximum absolute atomic E-state index is 4.14. The number of hydrogen-bond donors (Lipinski definition) is 2. The molecule has 0 radical (unpaired) electrons. The zero-order chi connectivity index (χ0) is 13.5. The summed E-state index contributed by atoms with van der Waals surface area (Å²) in [5, 5.41) is 6.66. The van der Waals surface area contributed by atoms with Crippen molar-refractivity contribution >= 4 is 5.69 Å². The molecular formula is C17H20N2. The first-order valence-corrected chi connectivity index (χ1v) is 6.51. The molecule has 1 atom stereocenters. The zero-order valence-corrected chi connectivity index (χ0v) is 11.3. The van der Waals surface area contributed by atoms with Gasteiger partial charge in [-0.2, -0.15) is 0 Å². The Morgan fingerprint density at radius 2 is 1.58 bits per heavy atom. The number of anilines is 1. The maximum atomic E-state index is 4.14. The van der Waals surface area contributed by atoms with Crippen LogP contribution in [0, 0.1) is 0 Å². The van der Waals surface area contributed by atoms with Crippen molar-refractivity contribution in [2.75, 3.05) is 12.4 Å². The van der Waals surface area contributed by atoms with Crippen molar-refractivity contribution in [1.29, 1.82) is 0 Å². The van der Waals surface area contributed by atoms with Crippen LogP contribution in [-0.4, -0.2) is 13.1 Å². The molecule has 2 heteroatoms. The standard InChI is InChI=1S/C17H20N2/c1-14(19-16-11-7-4-8-12-16)17(18-2)13-15-9-5-3-6-10-15/h3-12,17-19H,1,13H2,2H3/t17-/m0/s1. The molecule has 0 saturated carbocycles. The van der Waals surface area contributed by atoms with Crippen LogP contribution in [0.3, 0.4) is 0 Å². The second-order valence-corrected chi connectivity index (χ2v) is 4.55. The molecule has 0 heterocycles. The molecule has 2 rings (SSSR count). The van der Waals surface area contributed by atoms with E-state index in [1.165, 1.54) is 5.56 Å². The average molecular weight is 252 g/mol. The Morgan fingerprint density at radius 3 is 2.16 bits per heavy atom. The van der Waals surface area contributed by atoms with Crippen molar-refractivity contribution in [3.8, 4) is 0 Å². The molecule has 0 fully saturated rings. The van der Waals surface area contributed by atoms with E-state index in [-0.39, 0.29) is 6.04 Å². The largest absolute Gasteiger partial charge is 0.358 e. The number of para-hydroxylation sites is 1. The van der Waals surface area contributed by atoms with E-state index in [0.29, 0.717) is 0 Å². The van der Waals surface area contributed by atoms with Gasteiger partial charge in [0.1, 0.15) is 0 Å². The van der Waals surface area contributed by atoms with Crippen LogP contribution >= 0.6 is 0 Å². The van der Waals surface area contributed by atoms with Crippen LogP contribution in [0.5, 0.6) is 0 Å². The summed E-state index contributed by atoms with van der Waals surface area (Å²) < 4.78 is 0. The highest BCUT2D eigenvalue weighted by atomic mass is 15.0. The highest BCUT2D eigenvalue weighted by molar-refractivity contribution is 5.48. The highest BCUT2D eigenvalue weighted by Crippen LogP contribution is 2.13. The van der Waals surface area contributed by atoms with Crippen molar-refractivity contribution < 1.29 is 0 Å². The fourth-order valence-electron chi connectivity index (χ4n) is 2.04. The Morgan fingerprint density at radius 1 is 1.00 bits per heavy atom. The fourth-order valence-corrected chi connectivity index (χ4v) is 2.04. The minimum Gasteiger partial charge on any atom is -0.358 e. The smallest absolute Gasteiger partial charge is 0.0505 e. The van der Waals surface area contributed by atoms with E-state index >= 15 is 0 Å². The number of rotatable bonds is 6. The van der Waals surface area contributed by atoms with Crippen LogP contribution in [-0.2, 0) is 6.42 Å². The number of likely N-dealkylation sites (N-methyl/N-ethyl adjacent to an activating group) is 1. The van der Waals surface area contributed by atoms with Crippen LogP contribution in [0.2, 0.25) is 0 Å². The molecule has 0 aliphatic heterocycles. The summed E-state index contributed by atoms with van der Waals surface area (Å²) >= 11 is 0.